The highest BCUT2D eigenvalue weighted by molar-refractivity contribution is 6.04. The summed E-state index contributed by atoms with van der Waals surface area (Å²) in [6.07, 6.45) is 2.46. The summed E-state index contributed by atoms with van der Waals surface area (Å²) < 4.78 is 0. The SMILES string of the molecule is CCc1ccccc1Nc1ccc(C(=O)Nc2ccc(NC(C)=O)cc2)cn1. The largest absolute Gasteiger partial charge is 0.340 e. The molecule has 3 N–H and O–H groups in total. The number of hydrogen-bond donors (Lipinski definition) is 3. The molecule has 0 radical (unpaired) electrons. The third-order valence-corrected chi connectivity index (χ3v) is 4.15. The number of pyridine rings is 1. The van der Waals surface area contributed by atoms with Crippen LogP contribution in [0.25, 0.3) is 0 Å². The van der Waals surface area contributed by atoms with Gasteiger partial charge in [0.2, 0.25) is 5.91 Å². The first kappa shape index (κ1) is 19.1. The van der Waals surface area contributed by atoms with Crippen molar-refractivity contribution in [2.75, 3.05) is 16.0 Å². The molecule has 0 spiro atoms. The highest BCUT2D eigenvalue weighted by atomic mass is 16.2. The lowest BCUT2D eigenvalue weighted by Gasteiger charge is -2.11. The van der Waals surface area contributed by atoms with E-state index >= 15 is 0 Å². The van der Waals surface area contributed by atoms with Crippen LogP contribution in [0.5, 0.6) is 0 Å². The van der Waals surface area contributed by atoms with Gasteiger partial charge in [-0.3, -0.25) is 9.59 Å². The number of benzene rings is 2. The molecule has 2 aromatic carbocycles. The number of aromatic nitrogens is 1. The van der Waals surface area contributed by atoms with E-state index in [1.807, 2.05) is 18.2 Å². The van der Waals surface area contributed by atoms with Gasteiger partial charge in [0.15, 0.2) is 0 Å². The van der Waals surface area contributed by atoms with Crippen LogP contribution in [0.15, 0.2) is 66.9 Å². The van der Waals surface area contributed by atoms with Crippen LogP contribution in [0.2, 0.25) is 0 Å². The minimum absolute atomic E-state index is 0.141. The molecule has 0 aliphatic rings. The number of anilines is 4. The van der Waals surface area contributed by atoms with Gasteiger partial charge in [0.1, 0.15) is 5.82 Å². The van der Waals surface area contributed by atoms with Gasteiger partial charge < -0.3 is 16.0 Å². The summed E-state index contributed by atoms with van der Waals surface area (Å²) in [4.78, 5) is 27.8. The van der Waals surface area contributed by atoms with Crippen molar-refractivity contribution in [2.24, 2.45) is 0 Å². The molecule has 28 heavy (non-hydrogen) atoms. The Balaban J connectivity index is 1.64. The Morgan fingerprint density at radius 2 is 1.57 bits per heavy atom. The molecule has 0 aliphatic heterocycles. The van der Waals surface area contributed by atoms with Crippen LogP contribution in [0, 0.1) is 0 Å². The van der Waals surface area contributed by atoms with Crippen molar-refractivity contribution in [3.05, 3.63) is 78.0 Å². The third kappa shape index (κ3) is 4.94. The molecule has 3 aromatic rings. The summed E-state index contributed by atoms with van der Waals surface area (Å²) in [6.45, 7) is 3.55. The number of para-hydroxylation sites is 1. The van der Waals surface area contributed by atoms with Crippen molar-refractivity contribution < 1.29 is 9.59 Å². The molecule has 6 heteroatoms. The van der Waals surface area contributed by atoms with E-state index in [4.69, 9.17) is 0 Å². The second kappa shape index (κ2) is 8.81. The zero-order valence-corrected chi connectivity index (χ0v) is 15.8. The van der Waals surface area contributed by atoms with Crippen molar-refractivity contribution >= 4 is 34.7 Å². The van der Waals surface area contributed by atoms with E-state index in [0.29, 0.717) is 22.8 Å². The average molecular weight is 374 g/mol. The first-order valence-corrected chi connectivity index (χ1v) is 9.05. The van der Waals surface area contributed by atoms with E-state index in [1.54, 1.807) is 36.4 Å². The fourth-order valence-corrected chi connectivity index (χ4v) is 2.73. The number of hydrogen-bond acceptors (Lipinski definition) is 4. The Kier molecular flexibility index (Phi) is 6.01. The van der Waals surface area contributed by atoms with Gasteiger partial charge in [0.05, 0.1) is 5.56 Å². The lowest BCUT2D eigenvalue weighted by molar-refractivity contribution is -0.114. The average Bonchev–Trinajstić information content (AvgIpc) is 2.70. The predicted octanol–water partition coefficient (Wildman–Crippen LogP) is 4.60. The number of nitrogens with one attached hydrogen (secondary N) is 3. The second-order valence-electron chi connectivity index (χ2n) is 6.28. The van der Waals surface area contributed by atoms with E-state index in [-0.39, 0.29) is 11.8 Å². The normalized spacial score (nSPS) is 10.2. The minimum atomic E-state index is -0.250. The lowest BCUT2D eigenvalue weighted by atomic mass is 10.1. The molecular weight excluding hydrogens is 352 g/mol. The summed E-state index contributed by atoms with van der Waals surface area (Å²) in [5.41, 5.74) is 3.98. The highest BCUT2D eigenvalue weighted by Gasteiger charge is 2.08. The Bertz CT molecular complexity index is 967. The summed E-state index contributed by atoms with van der Waals surface area (Å²) >= 11 is 0. The van der Waals surface area contributed by atoms with Crippen LogP contribution in [-0.4, -0.2) is 16.8 Å². The van der Waals surface area contributed by atoms with Crippen LogP contribution in [0.4, 0.5) is 22.9 Å². The molecule has 0 aliphatic carbocycles. The molecule has 0 fully saturated rings. The maximum Gasteiger partial charge on any atom is 0.257 e. The van der Waals surface area contributed by atoms with Crippen LogP contribution in [-0.2, 0) is 11.2 Å². The van der Waals surface area contributed by atoms with Gasteiger partial charge in [-0.1, -0.05) is 25.1 Å². The first-order chi connectivity index (χ1) is 13.5. The van der Waals surface area contributed by atoms with Gasteiger partial charge in [0, 0.05) is 30.2 Å². The quantitative estimate of drug-likeness (QED) is 0.589. The van der Waals surface area contributed by atoms with Crippen molar-refractivity contribution in [2.45, 2.75) is 20.3 Å². The maximum absolute atomic E-state index is 12.4. The van der Waals surface area contributed by atoms with E-state index in [2.05, 4.69) is 33.9 Å². The zero-order valence-electron chi connectivity index (χ0n) is 15.8. The number of carbonyl (C=O) groups is 2. The van der Waals surface area contributed by atoms with E-state index in [0.717, 1.165) is 12.1 Å². The number of nitrogens with zero attached hydrogens (tertiary/aromatic N) is 1. The zero-order chi connectivity index (χ0) is 19.9. The number of aryl methyl sites for hydroxylation is 1. The predicted molar refractivity (Wildman–Crippen MR) is 112 cm³/mol. The standard InChI is InChI=1S/C22H22N4O2/c1-3-16-6-4-5-7-20(16)26-21-13-8-17(14-23-21)22(28)25-19-11-9-18(10-12-19)24-15(2)27/h4-14H,3H2,1-2H3,(H,23,26)(H,24,27)(H,25,28). The lowest BCUT2D eigenvalue weighted by Crippen LogP contribution is -2.12. The smallest absolute Gasteiger partial charge is 0.257 e. The number of rotatable bonds is 6. The van der Waals surface area contributed by atoms with Gasteiger partial charge >= 0.3 is 0 Å². The molecule has 0 saturated heterocycles. The summed E-state index contributed by atoms with van der Waals surface area (Å²) in [5, 5.41) is 8.78. The third-order valence-electron chi connectivity index (χ3n) is 4.15. The minimum Gasteiger partial charge on any atom is -0.340 e. The van der Waals surface area contributed by atoms with Crippen LogP contribution < -0.4 is 16.0 Å². The first-order valence-electron chi connectivity index (χ1n) is 9.05. The Morgan fingerprint density at radius 1 is 0.893 bits per heavy atom. The molecule has 0 unspecified atom stereocenters. The Labute approximate surface area is 164 Å². The summed E-state index contributed by atoms with van der Waals surface area (Å²) in [5.74, 6) is 0.288. The molecule has 0 saturated carbocycles. The fourth-order valence-electron chi connectivity index (χ4n) is 2.73. The van der Waals surface area contributed by atoms with Crippen LogP contribution >= 0.6 is 0 Å². The van der Waals surface area contributed by atoms with Gasteiger partial charge in [-0.2, -0.15) is 0 Å². The molecule has 1 heterocycles. The van der Waals surface area contributed by atoms with Crippen LogP contribution in [0.1, 0.15) is 29.8 Å². The van der Waals surface area contributed by atoms with Crippen molar-refractivity contribution in [1.82, 2.24) is 4.98 Å². The molecule has 3 rings (SSSR count). The van der Waals surface area contributed by atoms with E-state index in [1.165, 1.54) is 18.7 Å². The molecule has 2 amide bonds. The van der Waals surface area contributed by atoms with Crippen molar-refractivity contribution in [3.8, 4) is 0 Å². The topological polar surface area (TPSA) is 83.1 Å². The van der Waals surface area contributed by atoms with Gasteiger partial charge in [-0.05, 0) is 54.4 Å². The molecule has 1 aromatic heterocycles. The molecule has 0 bridgehead atoms. The Hall–Kier alpha value is -3.67. The van der Waals surface area contributed by atoms with Crippen LogP contribution in [0.3, 0.4) is 0 Å². The monoisotopic (exact) mass is 374 g/mol. The summed E-state index contributed by atoms with van der Waals surface area (Å²) in [7, 11) is 0. The molecular formula is C22H22N4O2. The fraction of sp³-hybridized carbons (Fsp3) is 0.136. The van der Waals surface area contributed by atoms with Gasteiger partial charge in [-0.25, -0.2) is 4.98 Å². The highest BCUT2D eigenvalue weighted by Crippen LogP contribution is 2.20. The molecule has 0 atom stereocenters. The van der Waals surface area contributed by atoms with Gasteiger partial charge in [0.25, 0.3) is 5.91 Å². The summed E-state index contributed by atoms with van der Waals surface area (Å²) in [6, 6.07) is 18.5. The maximum atomic E-state index is 12.4. The van der Waals surface area contributed by atoms with E-state index < -0.39 is 0 Å². The molecule has 142 valence electrons. The number of carbonyl (C=O) groups excluding carboxylic acids is 2. The molecule has 6 nitrogen and oxygen atoms in total. The number of amides is 2. The second-order valence-corrected chi connectivity index (χ2v) is 6.28. The Morgan fingerprint density at radius 3 is 2.18 bits per heavy atom. The van der Waals surface area contributed by atoms with E-state index in [9.17, 15) is 9.59 Å². The van der Waals surface area contributed by atoms with Crippen molar-refractivity contribution in [1.29, 1.82) is 0 Å². The van der Waals surface area contributed by atoms with Gasteiger partial charge in [-0.15, -0.1) is 0 Å². The van der Waals surface area contributed by atoms with Crippen molar-refractivity contribution in [3.63, 3.8) is 0 Å².